The zero-order valence-electron chi connectivity index (χ0n) is 12.1. The highest BCUT2D eigenvalue weighted by atomic mass is 16.5. The predicted molar refractivity (Wildman–Crippen MR) is 77.8 cm³/mol. The van der Waals surface area contributed by atoms with Crippen molar-refractivity contribution in [3.63, 3.8) is 0 Å². The molecule has 0 amide bonds. The molecule has 1 unspecified atom stereocenters. The van der Waals surface area contributed by atoms with Gasteiger partial charge in [0.15, 0.2) is 0 Å². The minimum Gasteiger partial charge on any atom is -0.491 e. The molecule has 0 radical (unpaired) electrons. The van der Waals surface area contributed by atoms with Crippen LogP contribution in [0.15, 0.2) is 24.3 Å². The molecule has 1 saturated heterocycles. The van der Waals surface area contributed by atoms with Gasteiger partial charge in [0.25, 0.3) is 0 Å². The first-order chi connectivity index (χ1) is 9.24. The minimum atomic E-state index is 0.289. The second kappa shape index (κ2) is 7.51. The maximum absolute atomic E-state index is 5.82. The maximum atomic E-state index is 5.82. The van der Waals surface area contributed by atoms with Gasteiger partial charge in [0, 0.05) is 6.61 Å². The first kappa shape index (κ1) is 14.4. The Morgan fingerprint density at radius 1 is 1.37 bits per heavy atom. The van der Waals surface area contributed by atoms with E-state index in [0.29, 0.717) is 6.61 Å². The lowest BCUT2D eigenvalue weighted by Gasteiger charge is -2.13. The fourth-order valence-electron chi connectivity index (χ4n) is 2.36. The van der Waals surface area contributed by atoms with Gasteiger partial charge in [-0.25, -0.2) is 0 Å². The Bertz CT molecular complexity index is 373. The molecule has 1 aliphatic rings. The fourth-order valence-corrected chi connectivity index (χ4v) is 2.36. The monoisotopic (exact) mass is 263 g/mol. The molecular weight excluding hydrogens is 238 g/mol. The Morgan fingerprint density at radius 3 is 3.00 bits per heavy atom. The summed E-state index contributed by atoms with van der Waals surface area (Å²) in [5.41, 5.74) is 1.35. The van der Waals surface area contributed by atoms with Crippen LogP contribution in [0.3, 0.4) is 0 Å². The van der Waals surface area contributed by atoms with Crippen molar-refractivity contribution in [1.82, 2.24) is 4.90 Å². The van der Waals surface area contributed by atoms with Crippen molar-refractivity contribution in [3.8, 4) is 5.75 Å². The van der Waals surface area contributed by atoms with Gasteiger partial charge >= 0.3 is 0 Å². The van der Waals surface area contributed by atoms with Crippen molar-refractivity contribution in [2.45, 2.75) is 31.8 Å². The molecule has 3 heteroatoms. The van der Waals surface area contributed by atoms with Crippen LogP contribution in [0.5, 0.6) is 5.75 Å². The first-order valence-corrected chi connectivity index (χ1v) is 7.22. The first-order valence-electron chi connectivity index (χ1n) is 7.22. The van der Waals surface area contributed by atoms with Crippen LogP contribution in [0.2, 0.25) is 0 Å². The number of hydrogen-bond donors (Lipinski definition) is 0. The summed E-state index contributed by atoms with van der Waals surface area (Å²) >= 11 is 0. The van der Waals surface area contributed by atoms with Crippen molar-refractivity contribution < 1.29 is 9.47 Å². The lowest BCUT2D eigenvalue weighted by molar-refractivity contribution is 0.0679. The van der Waals surface area contributed by atoms with Crippen molar-refractivity contribution in [1.29, 1.82) is 0 Å². The lowest BCUT2D eigenvalue weighted by Crippen LogP contribution is -2.16. The van der Waals surface area contributed by atoms with Gasteiger partial charge in [-0.3, -0.25) is 0 Å². The second-order valence-corrected chi connectivity index (χ2v) is 5.50. The lowest BCUT2D eigenvalue weighted by atomic mass is 10.1. The van der Waals surface area contributed by atoms with Crippen molar-refractivity contribution in [2.75, 3.05) is 33.9 Å². The third-order valence-corrected chi connectivity index (χ3v) is 3.43. The van der Waals surface area contributed by atoms with E-state index in [1.54, 1.807) is 0 Å². The van der Waals surface area contributed by atoms with Gasteiger partial charge in [-0.15, -0.1) is 0 Å². The highest BCUT2D eigenvalue weighted by molar-refractivity contribution is 5.28. The number of aryl methyl sites for hydroxylation is 1. The quantitative estimate of drug-likeness (QED) is 0.755. The Kier molecular flexibility index (Phi) is 5.67. The van der Waals surface area contributed by atoms with E-state index < -0.39 is 0 Å². The van der Waals surface area contributed by atoms with Crippen LogP contribution in [0.25, 0.3) is 0 Å². The van der Waals surface area contributed by atoms with Gasteiger partial charge in [0.05, 0.1) is 6.10 Å². The molecule has 1 aromatic rings. The minimum absolute atomic E-state index is 0.289. The van der Waals surface area contributed by atoms with Gasteiger partial charge in [-0.2, -0.15) is 0 Å². The summed E-state index contributed by atoms with van der Waals surface area (Å²) in [6.45, 7) is 2.70. The average Bonchev–Trinajstić information content (AvgIpc) is 2.89. The molecule has 0 N–H and O–H groups in total. The Labute approximate surface area is 116 Å². The third kappa shape index (κ3) is 5.21. The average molecular weight is 263 g/mol. The van der Waals surface area contributed by atoms with Crippen LogP contribution >= 0.6 is 0 Å². The van der Waals surface area contributed by atoms with E-state index in [0.717, 1.165) is 31.7 Å². The molecule has 1 atom stereocenters. The van der Waals surface area contributed by atoms with E-state index in [1.807, 2.05) is 6.07 Å². The largest absolute Gasteiger partial charge is 0.491 e. The molecule has 0 bridgehead atoms. The number of ether oxygens (including phenoxy) is 2. The molecule has 1 fully saturated rings. The molecule has 1 aliphatic heterocycles. The highest BCUT2D eigenvalue weighted by Crippen LogP contribution is 2.18. The zero-order valence-corrected chi connectivity index (χ0v) is 12.1. The van der Waals surface area contributed by atoms with Crippen LogP contribution < -0.4 is 4.74 Å². The Balaban J connectivity index is 1.77. The maximum Gasteiger partial charge on any atom is 0.119 e. The molecule has 0 saturated carbocycles. The number of nitrogens with zero attached hydrogens (tertiary/aromatic N) is 1. The summed E-state index contributed by atoms with van der Waals surface area (Å²) in [7, 11) is 4.22. The SMILES string of the molecule is CN(C)CCCc1cccc(OCC2CCCO2)c1. The van der Waals surface area contributed by atoms with Crippen molar-refractivity contribution >= 4 is 0 Å². The molecule has 19 heavy (non-hydrogen) atoms. The van der Waals surface area contributed by atoms with E-state index in [9.17, 15) is 0 Å². The summed E-state index contributed by atoms with van der Waals surface area (Å²) in [5.74, 6) is 0.970. The molecule has 1 heterocycles. The van der Waals surface area contributed by atoms with E-state index in [1.165, 1.54) is 18.4 Å². The molecular formula is C16H25NO2. The van der Waals surface area contributed by atoms with E-state index >= 15 is 0 Å². The van der Waals surface area contributed by atoms with Gasteiger partial charge in [-0.05, 0) is 64.0 Å². The van der Waals surface area contributed by atoms with Gasteiger partial charge in [0.2, 0.25) is 0 Å². The van der Waals surface area contributed by atoms with E-state index in [-0.39, 0.29) is 6.10 Å². The topological polar surface area (TPSA) is 21.7 Å². The van der Waals surface area contributed by atoms with Crippen LogP contribution in [-0.2, 0) is 11.2 Å². The fraction of sp³-hybridized carbons (Fsp3) is 0.625. The third-order valence-electron chi connectivity index (χ3n) is 3.43. The van der Waals surface area contributed by atoms with Crippen molar-refractivity contribution in [3.05, 3.63) is 29.8 Å². The normalized spacial score (nSPS) is 19.0. The van der Waals surface area contributed by atoms with Crippen molar-refractivity contribution in [2.24, 2.45) is 0 Å². The van der Waals surface area contributed by atoms with Crippen LogP contribution in [0.4, 0.5) is 0 Å². The van der Waals surface area contributed by atoms with Crippen LogP contribution in [-0.4, -0.2) is 44.9 Å². The predicted octanol–water partition coefficient (Wildman–Crippen LogP) is 2.74. The van der Waals surface area contributed by atoms with E-state index in [2.05, 4.69) is 37.2 Å². The highest BCUT2D eigenvalue weighted by Gasteiger charge is 2.15. The van der Waals surface area contributed by atoms with Gasteiger partial charge < -0.3 is 14.4 Å². The zero-order chi connectivity index (χ0) is 13.5. The summed E-state index contributed by atoms with van der Waals surface area (Å²) in [6.07, 6.45) is 4.87. The molecule has 3 nitrogen and oxygen atoms in total. The summed E-state index contributed by atoms with van der Waals surface area (Å²) in [6, 6.07) is 8.44. The molecule has 2 rings (SSSR count). The Hall–Kier alpha value is -1.06. The number of hydrogen-bond acceptors (Lipinski definition) is 3. The standard InChI is InChI=1S/C16H25NO2/c1-17(2)10-4-7-14-6-3-8-15(12-14)19-13-16-9-5-11-18-16/h3,6,8,12,16H,4-5,7,9-11,13H2,1-2H3. The molecule has 0 aliphatic carbocycles. The molecule has 106 valence electrons. The van der Waals surface area contributed by atoms with Crippen LogP contribution in [0, 0.1) is 0 Å². The number of rotatable bonds is 7. The summed E-state index contributed by atoms with van der Waals surface area (Å²) in [4.78, 5) is 2.22. The summed E-state index contributed by atoms with van der Waals surface area (Å²) < 4.78 is 11.4. The molecule has 1 aromatic carbocycles. The smallest absolute Gasteiger partial charge is 0.119 e. The molecule has 0 spiro atoms. The molecule has 0 aromatic heterocycles. The van der Waals surface area contributed by atoms with E-state index in [4.69, 9.17) is 9.47 Å². The Morgan fingerprint density at radius 2 is 2.26 bits per heavy atom. The van der Waals surface area contributed by atoms with Gasteiger partial charge in [-0.1, -0.05) is 12.1 Å². The summed E-state index contributed by atoms with van der Waals surface area (Å²) in [5, 5.41) is 0. The van der Waals surface area contributed by atoms with Gasteiger partial charge in [0.1, 0.15) is 12.4 Å². The van der Waals surface area contributed by atoms with Crippen LogP contribution in [0.1, 0.15) is 24.8 Å². The second-order valence-electron chi connectivity index (χ2n) is 5.50. The number of benzene rings is 1.